The molecule has 0 bridgehead atoms. The highest BCUT2D eigenvalue weighted by atomic mass is 16.3. The molecule has 0 aromatic carbocycles. The highest BCUT2D eigenvalue weighted by Crippen LogP contribution is 2.08. The third-order valence-electron chi connectivity index (χ3n) is 1.79. The largest absolute Gasteiger partial charge is 0.394 e. The molecular formula is C7H13NO2. The maximum Gasteiger partial charge on any atom is 0.220 e. The lowest BCUT2D eigenvalue weighted by Gasteiger charge is -2.10. The van der Waals surface area contributed by atoms with Crippen LogP contribution in [0.15, 0.2) is 0 Å². The van der Waals surface area contributed by atoms with Gasteiger partial charge in [-0.15, -0.1) is 0 Å². The molecule has 0 spiro atoms. The minimum atomic E-state index is 0.00926. The first-order valence-corrected chi connectivity index (χ1v) is 3.73. The van der Waals surface area contributed by atoms with E-state index in [0.717, 1.165) is 19.3 Å². The Bertz CT molecular complexity index is 125. The average Bonchev–Trinajstić information content (AvgIpc) is 2.13. The summed E-state index contributed by atoms with van der Waals surface area (Å²) in [6.45, 7) is 0.0751. The summed E-state index contributed by atoms with van der Waals surface area (Å²) in [4.78, 5) is 10.8. The number of amides is 1. The highest BCUT2D eigenvalue weighted by Gasteiger charge is 2.14. The molecule has 10 heavy (non-hydrogen) atoms. The van der Waals surface area contributed by atoms with E-state index in [-0.39, 0.29) is 18.6 Å². The molecule has 0 unspecified atom stereocenters. The van der Waals surface area contributed by atoms with Gasteiger partial charge < -0.3 is 10.4 Å². The lowest BCUT2D eigenvalue weighted by molar-refractivity contribution is -0.121. The van der Waals surface area contributed by atoms with Crippen LogP contribution in [0.1, 0.15) is 25.7 Å². The van der Waals surface area contributed by atoms with Crippen molar-refractivity contribution in [2.45, 2.75) is 31.7 Å². The van der Waals surface area contributed by atoms with Gasteiger partial charge in [0, 0.05) is 6.42 Å². The summed E-state index contributed by atoms with van der Waals surface area (Å²) in [5, 5.41) is 11.5. The summed E-state index contributed by atoms with van der Waals surface area (Å²) in [5.41, 5.74) is 0. The maximum atomic E-state index is 10.8. The van der Waals surface area contributed by atoms with E-state index in [9.17, 15) is 4.79 Å². The van der Waals surface area contributed by atoms with Gasteiger partial charge in [0.15, 0.2) is 0 Å². The summed E-state index contributed by atoms with van der Waals surface area (Å²) in [7, 11) is 0. The van der Waals surface area contributed by atoms with Gasteiger partial charge in [-0.25, -0.2) is 0 Å². The lowest BCUT2D eigenvalue weighted by atomic mass is 10.1. The van der Waals surface area contributed by atoms with Gasteiger partial charge in [-0.2, -0.15) is 0 Å². The Balaban J connectivity index is 2.38. The van der Waals surface area contributed by atoms with Crippen molar-refractivity contribution in [2.75, 3.05) is 6.61 Å². The van der Waals surface area contributed by atoms with Crippen LogP contribution in [-0.4, -0.2) is 23.7 Å². The summed E-state index contributed by atoms with van der Waals surface area (Å²) in [6, 6.07) is 0.00926. The van der Waals surface area contributed by atoms with E-state index in [4.69, 9.17) is 5.11 Å². The molecule has 1 atom stereocenters. The predicted molar refractivity (Wildman–Crippen MR) is 37.5 cm³/mol. The maximum absolute atomic E-state index is 10.8. The summed E-state index contributed by atoms with van der Waals surface area (Å²) in [6.07, 6.45) is 3.55. The molecule has 1 saturated heterocycles. The predicted octanol–water partition coefficient (Wildman–Crippen LogP) is 0.0375. The van der Waals surface area contributed by atoms with Crippen molar-refractivity contribution in [3.8, 4) is 0 Å². The van der Waals surface area contributed by atoms with Gasteiger partial charge >= 0.3 is 0 Å². The number of hydrogen-bond donors (Lipinski definition) is 2. The van der Waals surface area contributed by atoms with Crippen molar-refractivity contribution in [2.24, 2.45) is 0 Å². The average molecular weight is 143 g/mol. The molecule has 0 aliphatic carbocycles. The van der Waals surface area contributed by atoms with Crippen LogP contribution in [0.5, 0.6) is 0 Å². The molecule has 1 aliphatic rings. The first-order valence-electron chi connectivity index (χ1n) is 3.73. The molecule has 2 N–H and O–H groups in total. The highest BCUT2D eigenvalue weighted by molar-refractivity contribution is 5.76. The molecule has 1 aliphatic heterocycles. The van der Waals surface area contributed by atoms with Gasteiger partial charge in [0.2, 0.25) is 5.91 Å². The van der Waals surface area contributed by atoms with Crippen LogP contribution in [0.2, 0.25) is 0 Å². The van der Waals surface area contributed by atoms with Gasteiger partial charge in [-0.1, -0.05) is 6.42 Å². The molecule has 0 radical (unpaired) electrons. The van der Waals surface area contributed by atoms with Crippen LogP contribution in [0.25, 0.3) is 0 Å². The van der Waals surface area contributed by atoms with Crippen molar-refractivity contribution >= 4 is 5.91 Å². The van der Waals surface area contributed by atoms with E-state index in [0.29, 0.717) is 6.42 Å². The molecule has 1 fully saturated rings. The fraction of sp³-hybridized carbons (Fsp3) is 0.857. The second-order valence-corrected chi connectivity index (χ2v) is 2.69. The zero-order valence-corrected chi connectivity index (χ0v) is 5.97. The molecule has 1 rings (SSSR count). The molecule has 0 aromatic rings. The normalized spacial score (nSPS) is 27.3. The second-order valence-electron chi connectivity index (χ2n) is 2.69. The first kappa shape index (κ1) is 7.54. The number of hydrogen-bond acceptors (Lipinski definition) is 2. The number of aliphatic hydroxyl groups excluding tert-OH is 1. The van der Waals surface area contributed by atoms with E-state index in [2.05, 4.69) is 5.32 Å². The van der Waals surface area contributed by atoms with Crippen LogP contribution in [0.4, 0.5) is 0 Å². The van der Waals surface area contributed by atoms with Crippen molar-refractivity contribution < 1.29 is 9.90 Å². The molecule has 0 saturated carbocycles. The van der Waals surface area contributed by atoms with E-state index in [1.54, 1.807) is 0 Å². The number of carbonyl (C=O) groups is 1. The Hall–Kier alpha value is -0.570. The van der Waals surface area contributed by atoms with E-state index >= 15 is 0 Å². The van der Waals surface area contributed by atoms with Crippen LogP contribution in [0, 0.1) is 0 Å². The standard InChI is InChI=1S/C7H13NO2/c9-5-6-3-1-2-4-7(10)8-6/h6,9H,1-5H2,(H,8,10)/t6-/m0/s1. The zero-order chi connectivity index (χ0) is 7.40. The summed E-state index contributed by atoms with van der Waals surface area (Å²) < 4.78 is 0. The Morgan fingerprint density at radius 3 is 3.10 bits per heavy atom. The molecule has 58 valence electrons. The number of carbonyl (C=O) groups excluding carboxylic acids is 1. The Labute approximate surface area is 60.4 Å². The number of rotatable bonds is 1. The van der Waals surface area contributed by atoms with Crippen LogP contribution < -0.4 is 5.32 Å². The smallest absolute Gasteiger partial charge is 0.220 e. The van der Waals surface area contributed by atoms with Gasteiger partial charge in [-0.05, 0) is 12.8 Å². The van der Waals surface area contributed by atoms with Gasteiger partial charge in [0.1, 0.15) is 0 Å². The molecule has 1 amide bonds. The minimum Gasteiger partial charge on any atom is -0.394 e. The molecule has 3 heteroatoms. The van der Waals surface area contributed by atoms with Crippen molar-refractivity contribution in [3.05, 3.63) is 0 Å². The van der Waals surface area contributed by atoms with Crippen LogP contribution in [0.3, 0.4) is 0 Å². The fourth-order valence-corrected chi connectivity index (χ4v) is 1.19. The summed E-state index contributed by atoms with van der Waals surface area (Å²) >= 11 is 0. The van der Waals surface area contributed by atoms with Crippen LogP contribution >= 0.6 is 0 Å². The monoisotopic (exact) mass is 143 g/mol. The third kappa shape index (κ3) is 1.99. The zero-order valence-electron chi connectivity index (χ0n) is 5.97. The van der Waals surface area contributed by atoms with E-state index in [1.165, 1.54) is 0 Å². The molecule has 0 aromatic heterocycles. The molecule has 1 heterocycles. The van der Waals surface area contributed by atoms with Gasteiger partial charge in [0.05, 0.1) is 12.6 Å². The van der Waals surface area contributed by atoms with E-state index in [1.807, 2.05) is 0 Å². The first-order chi connectivity index (χ1) is 4.83. The quantitative estimate of drug-likeness (QED) is 0.544. The fourth-order valence-electron chi connectivity index (χ4n) is 1.19. The van der Waals surface area contributed by atoms with Crippen LogP contribution in [-0.2, 0) is 4.79 Å². The number of aliphatic hydroxyl groups is 1. The van der Waals surface area contributed by atoms with Crippen molar-refractivity contribution in [1.82, 2.24) is 5.32 Å². The Kier molecular flexibility index (Phi) is 2.68. The Morgan fingerprint density at radius 2 is 2.40 bits per heavy atom. The van der Waals surface area contributed by atoms with Crippen molar-refractivity contribution in [3.63, 3.8) is 0 Å². The van der Waals surface area contributed by atoms with Gasteiger partial charge in [0.25, 0.3) is 0 Å². The lowest BCUT2D eigenvalue weighted by Crippen LogP contribution is -2.35. The minimum absolute atomic E-state index is 0.00926. The second kappa shape index (κ2) is 3.56. The van der Waals surface area contributed by atoms with Crippen molar-refractivity contribution in [1.29, 1.82) is 0 Å². The Morgan fingerprint density at radius 1 is 1.60 bits per heavy atom. The molecule has 3 nitrogen and oxygen atoms in total. The molecular weight excluding hydrogens is 130 g/mol. The summed E-state index contributed by atoms with van der Waals surface area (Å²) in [5.74, 6) is 0.0801. The number of nitrogens with one attached hydrogen (secondary N) is 1. The van der Waals surface area contributed by atoms with Gasteiger partial charge in [-0.3, -0.25) is 4.79 Å². The van der Waals surface area contributed by atoms with E-state index < -0.39 is 0 Å². The third-order valence-corrected chi connectivity index (χ3v) is 1.79. The SMILES string of the molecule is O=C1CCCC[C@@H](CO)N1. The topological polar surface area (TPSA) is 49.3 Å².